The third-order valence-electron chi connectivity index (χ3n) is 3.05. The second kappa shape index (κ2) is 7.15. The number of hydrogen-bond acceptors (Lipinski definition) is 7. The SMILES string of the molecule is NC(N)(CC(=O)O)C(CC(=O)O)C(O)(CC(=O)O)CC(=O)O. The van der Waals surface area contributed by atoms with E-state index < -0.39 is 66.7 Å². The Balaban J connectivity index is 5.84. The summed E-state index contributed by atoms with van der Waals surface area (Å²) in [5.41, 5.74) is 6.11. The molecule has 0 heterocycles. The summed E-state index contributed by atoms with van der Waals surface area (Å²) in [5.74, 6) is -8.13. The van der Waals surface area contributed by atoms with Crippen LogP contribution >= 0.6 is 0 Å². The van der Waals surface area contributed by atoms with E-state index in [0.29, 0.717) is 0 Å². The van der Waals surface area contributed by atoms with Crippen LogP contribution in [-0.4, -0.2) is 60.7 Å². The number of hydrogen-bond donors (Lipinski definition) is 7. The average Bonchev–Trinajstić information content (AvgIpc) is 2.20. The first-order valence-electron chi connectivity index (χ1n) is 5.97. The van der Waals surface area contributed by atoms with Crippen molar-refractivity contribution in [1.29, 1.82) is 0 Å². The molecule has 126 valence electrons. The van der Waals surface area contributed by atoms with Gasteiger partial charge in [-0.05, 0) is 0 Å². The summed E-state index contributed by atoms with van der Waals surface area (Å²) in [6.45, 7) is 0. The van der Waals surface area contributed by atoms with Crippen LogP contribution in [0.5, 0.6) is 0 Å². The monoisotopic (exact) mass is 322 g/mol. The maximum Gasteiger partial charge on any atom is 0.306 e. The number of carboxylic acid groups (broad SMARTS) is 4. The van der Waals surface area contributed by atoms with Gasteiger partial charge < -0.3 is 37.0 Å². The van der Waals surface area contributed by atoms with Gasteiger partial charge in [0.05, 0.1) is 36.9 Å². The van der Waals surface area contributed by atoms with Gasteiger partial charge >= 0.3 is 23.9 Å². The number of nitrogens with two attached hydrogens (primary N) is 2. The first-order chi connectivity index (χ1) is 9.80. The third kappa shape index (κ3) is 6.03. The third-order valence-corrected chi connectivity index (χ3v) is 3.05. The van der Waals surface area contributed by atoms with Crippen LogP contribution in [0.15, 0.2) is 0 Å². The van der Waals surface area contributed by atoms with Gasteiger partial charge in [-0.25, -0.2) is 0 Å². The van der Waals surface area contributed by atoms with Gasteiger partial charge in [0.25, 0.3) is 0 Å². The second-order valence-electron chi connectivity index (χ2n) is 5.08. The standard InChI is InChI=1S/C11H18N2O9/c12-11(13,4-9(20)21)5(1-6(14)15)10(22,2-7(16)17)3-8(18)19/h5,22H,1-4,12-13H2,(H,14,15)(H,16,17)(H,18,19)(H,20,21). The molecule has 0 aromatic heterocycles. The van der Waals surface area contributed by atoms with Crippen LogP contribution in [0, 0.1) is 5.92 Å². The van der Waals surface area contributed by atoms with Gasteiger partial charge in [0.15, 0.2) is 0 Å². The Hall–Kier alpha value is -2.24. The predicted octanol–water partition coefficient (Wildman–Crippen LogP) is -2.15. The Morgan fingerprint density at radius 2 is 1.14 bits per heavy atom. The normalized spacial score (nSPS) is 13.4. The summed E-state index contributed by atoms with van der Waals surface area (Å²) in [6, 6.07) is 0. The number of aliphatic carboxylic acids is 4. The molecule has 9 N–H and O–H groups in total. The minimum atomic E-state index is -2.63. The summed E-state index contributed by atoms with van der Waals surface area (Å²) in [5, 5.41) is 45.5. The highest BCUT2D eigenvalue weighted by molar-refractivity contribution is 5.74. The molecule has 0 aliphatic heterocycles. The van der Waals surface area contributed by atoms with E-state index in [1.165, 1.54) is 0 Å². The van der Waals surface area contributed by atoms with E-state index in [0.717, 1.165) is 0 Å². The first-order valence-corrected chi connectivity index (χ1v) is 5.97. The van der Waals surface area contributed by atoms with Gasteiger partial charge in [-0.1, -0.05) is 0 Å². The van der Waals surface area contributed by atoms with Crippen LogP contribution < -0.4 is 11.5 Å². The molecule has 0 saturated heterocycles. The minimum Gasteiger partial charge on any atom is -0.481 e. The highest BCUT2D eigenvalue weighted by atomic mass is 16.4. The predicted molar refractivity (Wildman–Crippen MR) is 68.6 cm³/mol. The highest BCUT2D eigenvalue weighted by Crippen LogP contribution is 2.35. The van der Waals surface area contributed by atoms with Crippen LogP contribution in [0.2, 0.25) is 0 Å². The Morgan fingerprint density at radius 3 is 1.41 bits per heavy atom. The maximum absolute atomic E-state index is 10.9. The van der Waals surface area contributed by atoms with Crippen molar-refractivity contribution in [2.45, 2.75) is 36.9 Å². The summed E-state index contributed by atoms with van der Waals surface area (Å²) in [7, 11) is 0. The smallest absolute Gasteiger partial charge is 0.306 e. The summed E-state index contributed by atoms with van der Waals surface area (Å²) in [6.07, 6.45) is -4.32. The van der Waals surface area contributed by atoms with Gasteiger partial charge in [-0.3, -0.25) is 19.2 Å². The van der Waals surface area contributed by atoms with Crippen molar-refractivity contribution in [3.05, 3.63) is 0 Å². The van der Waals surface area contributed by atoms with Crippen molar-refractivity contribution in [3.63, 3.8) is 0 Å². The summed E-state index contributed by atoms with van der Waals surface area (Å²) >= 11 is 0. The van der Waals surface area contributed by atoms with Gasteiger partial charge in [0.2, 0.25) is 0 Å². The first kappa shape index (κ1) is 19.8. The Bertz CT molecular complexity index is 458. The molecule has 0 aromatic rings. The number of aliphatic hydroxyl groups is 1. The lowest BCUT2D eigenvalue weighted by atomic mass is 9.71. The lowest BCUT2D eigenvalue weighted by Crippen LogP contribution is -2.65. The second-order valence-corrected chi connectivity index (χ2v) is 5.08. The van der Waals surface area contributed by atoms with E-state index >= 15 is 0 Å². The van der Waals surface area contributed by atoms with Crippen molar-refractivity contribution in [1.82, 2.24) is 0 Å². The summed E-state index contributed by atoms with van der Waals surface area (Å²) < 4.78 is 0. The molecule has 1 atom stereocenters. The lowest BCUT2D eigenvalue weighted by Gasteiger charge is -2.42. The Morgan fingerprint density at radius 1 is 0.773 bits per heavy atom. The van der Waals surface area contributed by atoms with Crippen LogP contribution in [0.1, 0.15) is 25.7 Å². The molecule has 0 rings (SSSR count). The fourth-order valence-corrected chi connectivity index (χ4v) is 2.27. The Kier molecular flexibility index (Phi) is 6.43. The van der Waals surface area contributed by atoms with Gasteiger partial charge in [0, 0.05) is 5.92 Å². The number of carbonyl (C=O) groups is 4. The van der Waals surface area contributed by atoms with Gasteiger partial charge in [-0.15, -0.1) is 0 Å². The fourth-order valence-electron chi connectivity index (χ4n) is 2.27. The van der Waals surface area contributed by atoms with Crippen molar-refractivity contribution >= 4 is 23.9 Å². The summed E-state index contributed by atoms with van der Waals surface area (Å²) in [4.78, 5) is 43.3. The van der Waals surface area contributed by atoms with Crippen LogP contribution in [0.25, 0.3) is 0 Å². The topological polar surface area (TPSA) is 221 Å². The van der Waals surface area contributed by atoms with E-state index in [4.69, 9.17) is 31.9 Å². The van der Waals surface area contributed by atoms with Crippen molar-refractivity contribution in [3.8, 4) is 0 Å². The maximum atomic E-state index is 10.9. The zero-order valence-electron chi connectivity index (χ0n) is 11.4. The van der Waals surface area contributed by atoms with E-state index in [1.807, 2.05) is 0 Å². The molecular weight excluding hydrogens is 304 g/mol. The molecule has 0 aromatic carbocycles. The van der Waals surface area contributed by atoms with Crippen LogP contribution in [0.3, 0.4) is 0 Å². The molecule has 0 bridgehead atoms. The van der Waals surface area contributed by atoms with Gasteiger partial charge in [0.1, 0.15) is 0 Å². The molecule has 0 amide bonds. The highest BCUT2D eigenvalue weighted by Gasteiger charge is 2.50. The molecule has 0 aliphatic carbocycles. The zero-order chi connectivity index (χ0) is 17.7. The quantitative estimate of drug-likeness (QED) is 0.215. The van der Waals surface area contributed by atoms with E-state index in [1.54, 1.807) is 0 Å². The average molecular weight is 322 g/mol. The number of carboxylic acids is 4. The number of rotatable bonds is 10. The van der Waals surface area contributed by atoms with E-state index in [-0.39, 0.29) is 0 Å². The molecule has 0 saturated carbocycles. The van der Waals surface area contributed by atoms with Crippen molar-refractivity contribution in [2.75, 3.05) is 0 Å². The minimum absolute atomic E-state index is 0.994. The van der Waals surface area contributed by atoms with Crippen LogP contribution in [0.4, 0.5) is 0 Å². The lowest BCUT2D eigenvalue weighted by molar-refractivity contribution is -0.162. The molecule has 11 heteroatoms. The van der Waals surface area contributed by atoms with Crippen LogP contribution in [-0.2, 0) is 19.2 Å². The van der Waals surface area contributed by atoms with Crippen molar-refractivity contribution in [2.24, 2.45) is 17.4 Å². The van der Waals surface area contributed by atoms with Crippen molar-refractivity contribution < 1.29 is 44.7 Å². The van der Waals surface area contributed by atoms with Gasteiger partial charge in [-0.2, -0.15) is 0 Å². The largest absolute Gasteiger partial charge is 0.481 e. The molecule has 0 spiro atoms. The zero-order valence-corrected chi connectivity index (χ0v) is 11.4. The van der Waals surface area contributed by atoms with E-state index in [2.05, 4.69) is 0 Å². The molecule has 11 nitrogen and oxygen atoms in total. The van der Waals surface area contributed by atoms with E-state index in [9.17, 15) is 24.3 Å². The molecule has 0 fully saturated rings. The molecular formula is C11H18N2O9. The Labute approximate surface area is 124 Å². The molecule has 1 unspecified atom stereocenters. The fraction of sp³-hybridized carbons (Fsp3) is 0.636. The molecule has 0 radical (unpaired) electrons. The molecule has 0 aliphatic rings. The molecule has 22 heavy (non-hydrogen) atoms.